The van der Waals surface area contributed by atoms with E-state index in [0.717, 1.165) is 0 Å². The van der Waals surface area contributed by atoms with Crippen LogP contribution in [0.25, 0.3) is 0 Å². The number of nitrogens with two attached hydrogens (primary N) is 1. The normalized spacial score (nSPS) is 57.4. The molecular weight excluding hydrogens is 696 g/mol. The summed E-state index contributed by atoms with van der Waals surface area (Å²) in [7, 11) is 0. The van der Waals surface area contributed by atoms with Crippen LogP contribution in [0, 0.1) is 11.8 Å². The number of rotatable bonds is 0. The second-order valence-corrected chi connectivity index (χ2v) is 16.9. The average molecular weight is 709 g/mol. The van der Waals surface area contributed by atoms with Gasteiger partial charge in [-0.2, -0.15) is 0 Å². The van der Waals surface area contributed by atoms with E-state index in [-0.39, 0.29) is 11.4 Å². The molecule has 0 saturated heterocycles. The highest BCUT2D eigenvalue weighted by Crippen LogP contribution is 2.87. The number of halogens is 12. The van der Waals surface area contributed by atoms with Gasteiger partial charge in [0.15, 0.2) is 8.67 Å². The smallest absolute Gasteiger partial charge is 0.160 e. The molecule has 1 aromatic rings. The Kier molecular flexibility index (Phi) is 5.56. The monoisotopic (exact) mass is 703 g/mol. The van der Waals surface area contributed by atoms with Crippen molar-refractivity contribution in [2.75, 3.05) is 5.73 Å². The van der Waals surface area contributed by atoms with Gasteiger partial charge in [0.25, 0.3) is 0 Å². The molecular formula is C20H13Cl12NO. The molecule has 2 nitrogen and oxygen atoms in total. The Hall–Kier alpha value is 2.30. The molecule has 4 saturated carbocycles. The van der Waals surface area contributed by atoms with Crippen LogP contribution in [0.3, 0.4) is 0 Å². The lowest BCUT2D eigenvalue weighted by molar-refractivity contribution is 0.140. The van der Waals surface area contributed by atoms with E-state index in [2.05, 4.69) is 0 Å². The maximum Gasteiger partial charge on any atom is 0.160 e. The summed E-state index contributed by atoms with van der Waals surface area (Å²) in [6.07, 6.45) is 0. The second kappa shape index (κ2) is 7.13. The fourth-order valence-corrected chi connectivity index (χ4v) is 14.5. The van der Waals surface area contributed by atoms with E-state index in [1.807, 2.05) is 0 Å². The Morgan fingerprint density at radius 2 is 0.912 bits per heavy atom. The molecule has 5 aliphatic rings. The zero-order valence-electron chi connectivity index (χ0n) is 16.3. The molecule has 0 amide bonds. The highest BCUT2D eigenvalue weighted by molar-refractivity contribution is 6.64. The van der Waals surface area contributed by atoms with E-state index in [9.17, 15) is 5.11 Å². The van der Waals surface area contributed by atoms with E-state index in [1.165, 1.54) is 6.07 Å². The fraction of sp³-hybridized carbons (Fsp3) is 0.700. The molecule has 4 fully saturated rings. The number of phenols is 1. The second-order valence-electron chi connectivity index (χ2n) is 9.87. The molecule has 0 heterocycles. The van der Waals surface area contributed by atoms with E-state index < -0.39 is 73.3 Å². The number of aromatic hydroxyl groups is 1. The first-order chi connectivity index (χ1) is 15.4. The molecule has 4 bridgehead atoms. The van der Waals surface area contributed by atoms with E-state index in [4.69, 9.17) is 145 Å². The van der Waals surface area contributed by atoms with Crippen molar-refractivity contribution < 1.29 is 5.11 Å². The number of hydrogen-bond acceptors (Lipinski definition) is 2. The van der Waals surface area contributed by atoms with Crippen molar-refractivity contribution >= 4 is 145 Å². The van der Waals surface area contributed by atoms with E-state index in [1.54, 1.807) is 6.07 Å². The van der Waals surface area contributed by atoms with Crippen LogP contribution in [0.4, 0.5) is 5.69 Å². The number of fused-ring (bicyclic) bond motifs is 14. The maximum absolute atomic E-state index is 10.6. The molecule has 3 N–H and O–H groups in total. The van der Waals surface area contributed by atoms with Gasteiger partial charge in [-0.15, -0.1) is 92.8 Å². The predicted molar refractivity (Wildman–Crippen MR) is 147 cm³/mol. The molecule has 1 aromatic carbocycles. The molecule has 0 aromatic heterocycles. The number of alkyl halides is 12. The Morgan fingerprint density at radius 1 is 0.588 bits per heavy atom. The topological polar surface area (TPSA) is 46.2 Å². The molecule has 0 aliphatic heterocycles. The van der Waals surface area contributed by atoms with Crippen molar-refractivity contribution in [3.8, 4) is 5.75 Å². The predicted octanol–water partition coefficient (Wildman–Crippen LogP) is 8.13. The summed E-state index contributed by atoms with van der Waals surface area (Å²) in [6, 6.07) is 3.07. The maximum atomic E-state index is 10.6. The zero-order valence-corrected chi connectivity index (χ0v) is 25.4. The fourth-order valence-electron chi connectivity index (χ4n) is 7.61. The van der Waals surface area contributed by atoms with Crippen molar-refractivity contribution in [1.82, 2.24) is 0 Å². The van der Waals surface area contributed by atoms with Crippen molar-refractivity contribution in [2.45, 2.75) is 61.5 Å². The van der Waals surface area contributed by atoms with Crippen LogP contribution in [0.15, 0.2) is 12.1 Å². The minimum absolute atomic E-state index is 0.0962. The molecule has 5 aliphatic carbocycles. The van der Waals surface area contributed by atoms with Crippen LogP contribution in [0.2, 0.25) is 0 Å². The molecule has 0 radical (unpaired) electrons. The third-order valence-electron chi connectivity index (χ3n) is 8.93. The van der Waals surface area contributed by atoms with Gasteiger partial charge in [-0.05, 0) is 35.1 Å². The van der Waals surface area contributed by atoms with Gasteiger partial charge >= 0.3 is 0 Å². The number of anilines is 1. The molecule has 14 heteroatoms. The zero-order chi connectivity index (χ0) is 25.3. The molecule has 6 rings (SSSR count). The summed E-state index contributed by atoms with van der Waals surface area (Å²) in [6.45, 7) is 0. The van der Waals surface area contributed by atoms with Gasteiger partial charge in [-0.3, -0.25) is 0 Å². The Labute approximate surface area is 255 Å². The quantitative estimate of drug-likeness (QED) is 0.163. The third-order valence-corrected chi connectivity index (χ3v) is 18.3. The lowest BCUT2D eigenvalue weighted by Gasteiger charge is -2.56. The van der Waals surface area contributed by atoms with Crippen LogP contribution in [0.1, 0.15) is 23.0 Å². The van der Waals surface area contributed by atoms with Crippen molar-refractivity contribution in [2.24, 2.45) is 11.8 Å². The SMILES string of the molecule is Nc1cc2c(cc1O)[C@@H]1[C@H]([C@@H]3[C@@H]2[C@@]2(Cl)[C@H](Cl)[C@H](Cl)[C@@]3(Cl)C2(Cl)Cl)[C@@]2(Cl)[C@@H](Cl)[C@H](Cl)[C@@]1(Cl)C2(Cl)Cl. The van der Waals surface area contributed by atoms with Gasteiger partial charge in [0.1, 0.15) is 25.2 Å². The number of hydrogen-bond donors (Lipinski definition) is 2. The molecule has 188 valence electrons. The van der Waals surface area contributed by atoms with Crippen LogP contribution in [0.5, 0.6) is 5.75 Å². The first-order valence-corrected chi connectivity index (χ1v) is 14.9. The molecule has 0 spiro atoms. The number of phenolic OH excluding ortho intramolecular Hbond substituents is 1. The minimum atomic E-state index is -1.83. The standard InChI is InChI=1S/C20H13Cl12NO/c21-11-13(23)17(27)9-7(15(11,25)19(17,29)30)3-1-5(33)6(34)2-4(3)8-10(9)18(28)14(24)12(22)16(8,26)20(18,31)32/h1-2,7-14,34H,33H2/t7-,8-,9+,10-,11-,12+,13+,14+,15-,16-,17-,18-/m1/s1. The van der Waals surface area contributed by atoms with E-state index >= 15 is 0 Å². The van der Waals surface area contributed by atoms with Gasteiger partial charge in [0, 0.05) is 11.8 Å². The lowest BCUT2D eigenvalue weighted by atomic mass is 9.55. The minimum Gasteiger partial charge on any atom is -0.506 e. The van der Waals surface area contributed by atoms with Crippen molar-refractivity contribution in [1.29, 1.82) is 0 Å². The van der Waals surface area contributed by atoms with Crippen LogP contribution in [-0.4, -0.2) is 54.8 Å². The first kappa shape index (κ1) is 26.5. The van der Waals surface area contributed by atoms with Crippen molar-refractivity contribution in [3.05, 3.63) is 23.3 Å². The number of nitrogen functional groups attached to an aromatic ring is 1. The van der Waals surface area contributed by atoms with Crippen LogP contribution < -0.4 is 5.73 Å². The first-order valence-electron chi connectivity index (χ1n) is 10.1. The summed E-state index contributed by atoms with van der Waals surface area (Å²) in [4.78, 5) is -6.32. The summed E-state index contributed by atoms with van der Waals surface area (Å²) in [5.74, 6) is -3.12. The summed E-state index contributed by atoms with van der Waals surface area (Å²) < 4.78 is -3.66. The average Bonchev–Trinajstić information content (AvgIpc) is 3.09. The largest absolute Gasteiger partial charge is 0.506 e. The third kappa shape index (κ3) is 2.24. The lowest BCUT2D eigenvalue weighted by Crippen LogP contribution is -2.62. The van der Waals surface area contributed by atoms with Gasteiger partial charge in [-0.25, -0.2) is 0 Å². The van der Waals surface area contributed by atoms with E-state index in [0.29, 0.717) is 11.1 Å². The highest BCUT2D eigenvalue weighted by atomic mass is 35.5. The Balaban J connectivity index is 1.76. The highest BCUT2D eigenvalue weighted by Gasteiger charge is 2.94. The van der Waals surface area contributed by atoms with Crippen molar-refractivity contribution in [3.63, 3.8) is 0 Å². The van der Waals surface area contributed by atoms with Crippen LogP contribution >= 0.6 is 139 Å². The Bertz CT molecular complexity index is 1060. The molecule has 34 heavy (non-hydrogen) atoms. The van der Waals surface area contributed by atoms with Gasteiger partial charge in [0.2, 0.25) is 0 Å². The number of benzene rings is 1. The Morgan fingerprint density at radius 3 is 1.29 bits per heavy atom. The molecule has 0 unspecified atom stereocenters. The van der Waals surface area contributed by atoms with Gasteiger partial charge in [-0.1, -0.05) is 46.4 Å². The molecule has 12 atom stereocenters. The summed E-state index contributed by atoms with van der Waals surface area (Å²) in [5, 5.41) is 6.73. The van der Waals surface area contributed by atoms with Gasteiger partial charge < -0.3 is 10.8 Å². The summed E-state index contributed by atoms with van der Waals surface area (Å²) >= 11 is 84.1. The summed E-state index contributed by atoms with van der Waals surface area (Å²) in [5.41, 5.74) is 7.32. The van der Waals surface area contributed by atoms with Crippen LogP contribution in [-0.2, 0) is 0 Å². The van der Waals surface area contributed by atoms with Gasteiger partial charge in [0.05, 0.1) is 27.2 Å².